The fraction of sp³-hybridized carbons (Fsp3) is 0.500. The van der Waals surface area contributed by atoms with E-state index in [0.29, 0.717) is 5.75 Å². The third-order valence-corrected chi connectivity index (χ3v) is 4.31. The van der Waals surface area contributed by atoms with E-state index in [-0.39, 0.29) is 12.7 Å². The van der Waals surface area contributed by atoms with Crippen molar-refractivity contribution in [2.45, 2.75) is 18.6 Å². The maximum absolute atomic E-state index is 9.22. The van der Waals surface area contributed by atoms with Crippen LogP contribution in [0.15, 0.2) is 22.7 Å². The summed E-state index contributed by atoms with van der Waals surface area (Å²) in [5.74, 6) is 2.35. The zero-order chi connectivity index (χ0) is 12.3. The van der Waals surface area contributed by atoms with E-state index in [1.165, 1.54) is 5.56 Å². The molecule has 1 aliphatic heterocycles. The minimum atomic E-state index is -0.627. The van der Waals surface area contributed by atoms with Crippen molar-refractivity contribution in [3.8, 4) is 5.75 Å². The van der Waals surface area contributed by atoms with Crippen LogP contribution in [0, 0.1) is 0 Å². The van der Waals surface area contributed by atoms with Crippen molar-refractivity contribution in [2.75, 3.05) is 18.1 Å². The quantitative estimate of drug-likeness (QED) is 0.869. The summed E-state index contributed by atoms with van der Waals surface area (Å²) in [6.07, 6.45) is 0.463. The minimum Gasteiger partial charge on any atom is -0.489 e. The van der Waals surface area contributed by atoms with E-state index in [2.05, 4.69) is 22.0 Å². The summed E-state index contributed by atoms with van der Waals surface area (Å²) in [5, 5.41) is 17.9. The topological polar surface area (TPSA) is 49.7 Å². The highest BCUT2D eigenvalue weighted by molar-refractivity contribution is 9.10. The Morgan fingerprint density at radius 1 is 1.53 bits per heavy atom. The van der Waals surface area contributed by atoms with Crippen LogP contribution in [-0.4, -0.2) is 40.5 Å². The van der Waals surface area contributed by atoms with Crippen LogP contribution in [0.3, 0.4) is 0 Å². The van der Waals surface area contributed by atoms with Gasteiger partial charge >= 0.3 is 0 Å². The molecule has 0 amide bonds. The summed E-state index contributed by atoms with van der Waals surface area (Å²) in [4.78, 5) is 0. The first-order valence-electron chi connectivity index (χ1n) is 5.51. The summed E-state index contributed by atoms with van der Waals surface area (Å²) < 4.78 is 6.86. The van der Waals surface area contributed by atoms with Gasteiger partial charge in [0.25, 0.3) is 0 Å². The number of aliphatic hydroxyl groups is 2. The number of aliphatic hydroxyl groups excluding tert-OH is 2. The van der Waals surface area contributed by atoms with E-state index < -0.39 is 6.10 Å². The molecule has 0 radical (unpaired) electrons. The molecule has 17 heavy (non-hydrogen) atoms. The molecule has 2 rings (SSSR count). The Bertz CT molecular complexity index is 386. The summed E-state index contributed by atoms with van der Waals surface area (Å²) in [7, 11) is 0. The summed E-state index contributed by atoms with van der Waals surface area (Å²) >= 11 is 5.06. The first-order valence-corrected chi connectivity index (χ1v) is 7.45. The molecule has 0 fully saturated rings. The van der Waals surface area contributed by atoms with E-state index in [9.17, 15) is 5.11 Å². The Labute approximate surface area is 113 Å². The lowest BCUT2D eigenvalue weighted by Crippen LogP contribution is -2.20. The normalized spacial score (nSPS) is 19.8. The van der Waals surface area contributed by atoms with Gasteiger partial charge in [0.15, 0.2) is 0 Å². The molecule has 1 aromatic carbocycles. The fourth-order valence-electron chi connectivity index (χ4n) is 1.77. The molecule has 3 nitrogen and oxygen atoms in total. The van der Waals surface area contributed by atoms with Gasteiger partial charge in [-0.15, -0.1) is 0 Å². The van der Waals surface area contributed by atoms with Gasteiger partial charge in [-0.25, -0.2) is 0 Å². The lowest BCUT2D eigenvalue weighted by molar-refractivity contribution is 0.113. The highest BCUT2D eigenvalue weighted by Crippen LogP contribution is 2.32. The van der Waals surface area contributed by atoms with Gasteiger partial charge in [-0.1, -0.05) is 15.9 Å². The SMILES string of the molecule is OCC(O)CSCC1Cc2cc(Br)ccc2O1. The average molecular weight is 319 g/mol. The largest absolute Gasteiger partial charge is 0.489 e. The van der Waals surface area contributed by atoms with Crippen LogP contribution in [0.4, 0.5) is 0 Å². The molecule has 5 heteroatoms. The van der Waals surface area contributed by atoms with Crippen LogP contribution < -0.4 is 4.74 Å². The highest BCUT2D eigenvalue weighted by Gasteiger charge is 2.22. The zero-order valence-electron chi connectivity index (χ0n) is 9.30. The number of hydrogen-bond acceptors (Lipinski definition) is 4. The van der Waals surface area contributed by atoms with E-state index in [0.717, 1.165) is 22.4 Å². The highest BCUT2D eigenvalue weighted by atomic mass is 79.9. The van der Waals surface area contributed by atoms with E-state index in [1.54, 1.807) is 11.8 Å². The maximum atomic E-state index is 9.22. The molecule has 1 aromatic rings. The minimum absolute atomic E-state index is 0.175. The molecule has 2 atom stereocenters. The number of halogens is 1. The molecule has 0 aliphatic carbocycles. The lowest BCUT2D eigenvalue weighted by atomic mass is 10.1. The Morgan fingerprint density at radius 2 is 2.35 bits per heavy atom. The fourth-order valence-corrected chi connectivity index (χ4v) is 3.14. The van der Waals surface area contributed by atoms with Crippen molar-refractivity contribution < 1.29 is 14.9 Å². The van der Waals surface area contributed by atoms with Gasteiger partial charge in [0.05, 0.1) is 12.7 Å². The summed E-state index contributed by atoms with van der Waals surface area (Å²) in [6, 6.07) is 6.04. The van der Waals surface area contributed by atoms with E-state index in [1.807, 2.05) is 12.1 Å². The Balaban J connectivity index is 1.80. The molecule has 1 heterocycles. The van der Waals surface area contributed by atoms with Crippen LogP contribution in [0.25, 0.3) is 0 Å². The van der Waals surface area contributed by atoms with Crippen LogP contribution in [0.1, 0.15) is 5.56 Å². The standard InChI is InChI=1S/C12H15BrO3S/c13-9-1-2-12-8(3-9)4-11(16-12)7-17-6-10(15)5-14/h1-3,10-11,14-15H,4-7H2. The summed E-state index contributed by atoms with van der Waals surface area (Å²) in [5.41, 5.74) is 1.23. The van der Waals surface area contributed by atoms with E-state index in [4.69, 9.17) is 9.84 Å². The molecule has 0 saturated heterocycles. The first kappa shape index (κ1) is 13.2. The van der Waals surface area contributed by atoms with Gasteiger partial charge in [0, 0.05) is 22.4 Å². The molecule has 1 aliphatic rings. The number of thioether (sulfide) groups is 1. The Morgan fingerprint density at radius 3 is 3.12 bits per heavy atom. The first-order chi connectivity index (χ1) is 8.19. The monoisotopic (exact) mass is 318 g/mol. The van der Waals surface area contributed by atoms with Gasteiger partial charge in [-0.2, -0.15) is 11.8 Å². The average Bonchev–Trinajstić information content (AvgIpc) is 2.70. The van der Waals surface area contributed by atoms with Gasteiger partial charge in [0.1, 0.15) is 11.9 Å². The third kappa shape index (κ3) is 3.61. The van der Waals surface area contributed by atoms with Crippen LogP contribution >= 0.6 is 27.7 Å². The van der Waals surface area contributed by atoms with Crippen molar-refractivity contribution in [1.82, 2.24) is 0 Å². The molecule has 94 valence electrons. The molecule has 0 aromatic heterocycles. The number of rotatable bonds is 5. The van der Waals surface area contributed by atoms with Gasteiger partial charge in [-0.3, -0.25) is 0 Å². The predicted octanol–water partition coefficient (Wildman–Crippen LogP) is 1.84. The second kappa shape index (κ2) is 6.09. The van der Waals surface area contributed by atoms with Gasteiger partial charge in [0.2, 0.25) is 0 Å². The Kier molecular flexibility index (Phi) is 4.73. The zero-order valence-corrected chi connectivity index (χ0v) is 11.7. The van der Waals surface area contributed by atoms with E-state index >= 15 is 0 Å². The number of fused-ring (bicyclic) bond motifs is 1. The molecule has 2 N–H and O–H groups in total. The number of hydrogen-bond donors (Lipinski definition) is 2. The van der Waals surface area contributed by atoms with Gasteiger partial charge < -0.3 is 14.9 Å². The molecular formula is C12H15BrO3S. The third-order valence-electron chi connectivity index (χ3n) is 2.59. The van der Waals surface area contributed by atoms with Crippen molar-refractivity contribution in [1.29, 1.82) is 0 Å². The van der Waals surface area contributed by atoms with Crippen LogP contribution in [0.2, 0.25) is 0 Å². The van der Waals surface area contributed by atoms with Crippen LogP contribution in [0.5, 0.6) is 5.75 Å². The lowest BCUT2D eigenvalue weighted by Gasteiger charge is -2.11. The molecule has 0 saturated carbocycles. The smallest absolute Gasteiger partial charge is 0.123 e. The molecule has 0 bridgehead atoms. The second-order valence-electron chi connectivity index (χ2n) is 4.07. The second-order valence-corrected chi connectivity index (χ2v) is 6.06. The van der Waals surface area contributed by atoms with Crippen LogP contribution in [-0.2, 0) is 6.42 Å². The number of benzene rings is 1. The van der Waals surface area contributed by atoms with Gasteiger partial charge in [-0.05, 0) is 23.8 Å². The predicted molar refractivity (Wildman–Crippen MR) is 72.7 cm³/mol. The summed E-state index contributed by atoms with van der Waals surface area (Å²) in [6.45, 7) is -0.175. The van der Waals surface area contributed by atoms with Crippen molar-refractivity contribution in [3.05, 3.63) is 28.2 Å². The molecule has 0 spiro atoms. The van der Waals surface area contributed by atoms with Crippen molar-refractivity contribution in [3.63, 3.8) is 0 Å². The Hall–Kier alpha value is -0.230. The molecular weight excluding hydrogens is 304 g/mol. The molecule has 2 unspecified atom stereocenters. The van der Waals surface area contributed by atoms with Crippen molar-refractivity contribution in [2.24, 2.45) is 0 Å². The maximum Gasteiger partial charge on any atom is 0.123 e. The number of ether oxygens (including phenoxy) is 1. The van der Waals surface area contributed by atoms with Crippen molar-refractivity contribution >= 4 is 27.7 Å².